The highest BCUT2D eigenvalue weighted by atomic mass is 32.1. The molecule has 3 heteroatoms. The number of aryl methyl sites for hydroxylation is 2. The number of hydrogen-bond acceptors (Lipinski definition) is 3. The molecule has 0 fully saturated rings. The predicted molar refractivity (Wildman–Crippen MR) is 82.9 cm³/mol. The quantitative estimate of drug-likeness (QED) is 0.871. The van der Waals surface area contributed by atoms with Crippen LogP contribution in [0.25, 0.3) is 0 Å². The van der Waals surface area contributed by atoms with Gasteiger partial charge in [0, 0.05) is 24.0 Å². The number of benzene rings is 1. The van der Waals surface area contributed by atoms with Crippen molar-refractivity contribution in [3.63, 3.8) is 0 Å². The van der Waals surface area contributed by atoms with Gasteiger partial charge >= 0.3 is 0 Å². The summed E-state index contributed by atoms with van der Waals surface area (Å²) in [6.07, 6.45) is 3.96. The Balaban J connectivity index is 2.05. The number of rotatable bonds is 6. The van der Waals surface area contributed by atoms with Crippen molar-refractivity contribution in [2.45, 2.75) is 39.7 Å². The van der Waals surface area contributed by atoms with Gasteiger partial charge < -0.3 is 5.32 Å². The Labute approximate surface area is 119 Å². The highest BCUT2D eigenvalue weighted by Gasteiger charge is 2.11. The van der Waals surface area contributed by atoms with Crippen LogP contribution in [0.15, 0.2) is 29.8 Å². The molecule has 1 heterocycles. The SMILES string of the molecule is CCNC(Cc1ccc(C)c(C)c1)Cc1nccs1. The molecule has 0 bridgehead atoms. The Morgan fingerprint density at radius 2 is 2.05 bits per heavy atom. The summed E-state index contributed by atoms with van der Waals surface area (Å²) in [5, 5.41) is 6.84. The molecule has 0 aliphatic carbocycles. The third kappa shape index (κ3) is 4.15. The second-order valence-electron chi connectivity index (χ2n) is 5.01. The maximum Gasteiger partial charge on any atom is 0.0940 e. The highest BCUT2D eigenvalue weighted by Crippen LogP contribution is 2.14. The summed E-state index contributed by atoms with van der Waals surface area (Å²) in [7, 11) is 0. The van der Waals surface area contributed by atoms with Crippen molar-refractivity contribution in [1.82, 2.24) is 10.3 Å². The van der Waals surface area contributed by atoms with E-state index in [0.717, 1.165) is 19.4 Å². The van der Waals surface area contributed by atoms with Gasteiger partial charge in [0.05, 0.1) is 5.01 Å². The van der Waals surface area contributed by atoms with E-state index in [9.17, 15) is 0 Å². The van der Waals surface area contributed by atoms with Gasteiger partial charge in [-0.25, -0.2) is 4.98 Å². The van der Waals surface area contributed by atoms with Crippen LogP contribution in [-0.4, -0.2) is 17.6 Å². The summed E-state index contributed by atoms with van der Waals surface area (Å²) in [5.74, 6) is 0. The number of likely N-dealkylation sites (N-methyl/N-ethyl adjacent to an activating group) is 1. The molecular formula is C16H22N2S. The zero-order valence-corrected chi connectivity index (χ0v) is 12.8. The molecule has 0 amide bonds. The van der Waals surface area contributed by atoms with Gasteiger partial charge in [0.2, 0.25) is 0 Å². The van der Waals surface area contributed by atoms with Crippen LogP contribution in [0.2, 0.25) is 0 Å². The first-order chi connectivity index (χ1) is 9.19. The number of thiazole rings is 1. The van der Waals surface area contributed by atoms with Crippen LogP contribution in [0.1, 0.15) is 28.6 Å². The molecule has 0 saturated heterocycles. The molecule has 0 radical (unpaired) electrons. The summed E-state index contributed by atoms with van der Waals surface area (Å²) >= 11 is 1.74. The zero-order chi connectivity index (χ0) is 13.7. The van der Waals surface area contributed by atoms with Crippen molar-refractivity contribution in [2.24, 2.45) is 0 Å². The number of hydrogen-bond donors (Lipinski definition) is 1. The minimum atomic E-state index is 0.471. The lowest BCUT2D eigenvalue weighted by Gasteiger charge is -2.17. The van der Waals surface area contributed by atoms with E-state index in [2.05, 4.69) is 49.3 Å². The molecule has 1 aromatic heterocycles. The third-order valence-electron chi connectivity index (χ3n) is 3.45. The largest absolute Gasteiger partial charge is 0.314 e. The fraction of sp³-hybridized carbons (Fsp3) is 0.438. The van der Waals surface area contributed by atoms with Crippen LogP contribution in [0.5, 0.6) is 0 Å². The summed E-state index contributed by atoms with van der Waals surface area (Å²) in [5.41, 5.74) is 4.15. The molecule has 0 saturated carbocycles. The molecule has 2 nitrogen and oxygen atoms in total. The summed E-state index contributed by atoms with van der Waals surface area (Å²) in [4.78, 5) is 4.39. The van der Waals surface area contributed by atoms with Crippen molar-refractivity contribution >= 4 is 11.3 Å². The topological polar surface area (TPSA) is 24.9 Å². The number of nitrogens with one attached hydrogen (secondary N) is 1. The van der Waals surface area contributed by atoms with Crippen LogP contribution in [-0.2, 0) is 12.8 Å². The molecule has 1 N–H and O–H groups in total. The lowest BCUT2D eigenvalue weighted by Crippen LogP contribution is -2.33. The number of nitrogens with zero attached hydrogens (tertiary/aromatic N) is 1. The average Bonchev–Trinajstić information content (AvgIpc) is 2.87. The maximum absolute atomic E-state index is 4.39. The second kappa shape index (κ2) is 6.83. The van der Waals surface area contributed by atoms with E-state index in [1.165, 1.54) is 21.7 Å². The smallest absolute Gasteiger partial charge is 0.0940 e. The molecule has 0 spiro atoms. The Bertz CT molecular complexity index is 505. The molecule has 2 aromatic rings. The molecule has 1 atom stereocenters. The summed E-state index contributed by atoms with van der Waals surface area (Å²) in [6.45, 7) is 7.51. The van der Waals surface area contributed by atoms with Crippen LogP contribution in [0.4, 0.5) is 0 Å². The molecular weight excluding hydrogens is 252 g/mol. The van der Waals surface area contributed by atoms with Gasteiger partial charge in [-0.3, -0.25) is 0 Å². The fourth-order valence-electron chi connectivity index (χ4n) is 2.28. The third-order valence-corrected chi connectivity index (χ3v) is 4.25. The Kier molecular flexibility index (Phi) is 5.11. The fourth-order valence-corrected chi connectivity index (χ4v) is 2.98. The van der Waals surface area contributed by atoms with E-state index in [0.29, 0.717) is 6.04 Å². The van der Waals surface area contributed by atoms with Crippen LogP contribution in [0.3, 0.4) is 0 Å². The van der Waals surface area contributed by atoms with Crippen molar-refractivity contribution in [3.05, 3.63) is 51.5 Å². The molecule has 0 aliphatic rings. The molecule has 1 unspecified atom stereocenters. The Hall–Kier alpha value is -1.19. The van der Waals surface area contributed by atoms with E-state index >= 15 is 0 Å². The number of aromatic nitrogens is 1. The Morgan fingerprint density at radius 1 is 1.21 bits per heavy atom. The van der Waals surface area contributed by atoms with E-state index in [4.69, 9.17) is 0 Å². The van der Waals surface area contributed by atoms with Gasteiger partial charge in [-0.1, -0.05) is 25.1 Å². The van der Waals surface area contributed by atoms with Crippen molar-refractivity contribution in [2.75, 3.05) is 6.54 Å². The average molecular weight is 274 g/mol. The summed E-state index contributed by atoms with van der Waals surface area (Å²) in [6, 6.07) is 7.24. The predicted octanol–water partition coefficient (Wildman–Crippen LogP) is 3.52. The molecule has 19 heavy (non-hydrogen) atoms. The maximum atomic E-state index is 4.39. The monoisotopic (exact) mass is 274 g/mol. The lowest BCUT2D eigenvalue weighted by atomic mass is 9.99. The first-order valence-corrected chi connectivity index (χ1v) is 7.75. The van der Waals surface area contributed by atoms with Crippen molar-refractivity contribution in [1.29, 1.82) is 0 Å². The van der Waals surface area contributed by atoms with Gasteiger partial charge in [-0.2, -0.15) is 0 Å². The molecule has 2 rings (SSSR count). The van der Waals surface area contributed by atoms with Crippen LogP contribution >= 0.6 is 11.3 Å². The summed E-state index contributed by atoms with van der Waals surface area (Å²) < 4.78 is 0. The Morgan fingerprint density at radius 3 is 2.68 bits per heavy atom. The first-order valence-electron chi connectivity index (χ1n) is 6.87. The standard InChI is InChI=1S/C16H22N2S/c1-4-17-15(11-16-18-7-8-19-16)10-14-6-5-12(2)13(3)9-14/h5-9,15,17H,4,10-11H2,1-3H3. The minimum Gasteiger partial charge on any atom is -0.314 e. The van der Waals surface area contributed by atoms with Gasteiger partial charge in [0.1, 0.15) is 0 Å². The second-order valence-corrected chi connectivity index (χ2v) is 5.99. The van der Waals surface area contributed by atoms with Crippen molar-refractivity contribution in [3.8, 4) is 0 Å². The van der Waals surface area contributed by atoms with Gasteiger partial charge in [-0.15, -0.1) is 11.3 Å². The van der Waals surface area contributed by atoms with Crippen molar-refractivity contribution < 1.29 is 0 Å². The van der Waals surface area contributed by atoms with E-state index < -0.39 is 0 Å². The molecule has 0 aliphatic heterocycles. The van der Waals surface area contributed by atoms with E-state index in [1.807, 2.05) is 11.6 Å². The highest BCUT2D eigenvalue weighted by molar-refractivity contribution is 7.09. The van der Waals surface area contributed by atoms with Crippen LogP contribution in [0, 0.1) is 13.8 Å². The first kappa shape index (κ1) is 14.2. The van der Waals surface area contributed by atoms with E-state index in [-0.39, 0.29) is 0 Å². The lowest BCUT2D eigenvalue weighted by molar-refractivity contribution is 0.520. The van der Waals surface area contributed by atoms with Gasteiger partial charge in [0.25, 0.3) is 0 Å². The molecule has 102 valence electrons. The van der Waals surface area contributed by atoms with Crippen LogP contribution < -0.4 is 5.32 Å². The minimum absolute atomic E-state index is 0.471. The van der Waals surface area contributed by atoms with Gasteiger partial charge in [0.15, 0.2) is 0 Å². The van der Waals surface area contributed by atoms with E-state index in [1.54, 1.807) is 11.3 Å². The van der Waals surface area contributed by atoms with Gasteiger partial charge in [-0.05, 0) is 43.5 Å². The zero-order valence-electron chi connectivity index (χ0n) is 11.9. The normalized spacial score (nSPS) is 12.6. The molecule has 1 aromatic carbocycles.